The lowest BCUT2D eigenvalue weighted by Crippen LogP contribution is -1.87. The van der Waals surface area contributed by atoms with Crippen LogP contribution in [0.15, 0.2) is 36.4 Å². The van der Waals surface area contributed by atoms with Gasteiger partial charge in [0.05, 0.1) is 14.9 Å². The highest BCUT2D eigenvalue weighted by Crippen LogP contribution is 2.33. The number of halogens is 1. The van der Waals surface area contributed by atoms with E-state index in [1.165, 1.54) is 23.0 Å². The number of thiazole rings is 2. The highest BCUT2D eigenvalue weighted by molar-refractivity contribution is 7.24. The topological polar surface area (TPSA) is 37.8 Å². The molecule has 3 nitrogen and oxygen atoms in total. The van der Waals surface area contributed by atoms with Crippen molar-refractivity contribution in [1.29, 1.82) is 0 Å². The van der Waals surface area contributed by atoms with Gasteiger partial charge < -0.3 is 5.32 Å². The number of aromatic nitrogens is 2. The molecule has 2 aromatic heterocycles. The lowest BCUT2D eigenvalue weighted by molar-refractivity contribution is 0.637. The Morgan fingerprint density at radius 3 is 2.57 bits per heavy atom. The third-order valence-electron chi connectivity index (χ3n) is 3.66. The minimum Gasteiger partial charge on any atom is -0.307 e. The molecule has 0 spiro atoms. The van der Waals surface area contributed by atoms with Crippen LogP contribution in [0.1, 0.15) is 25.3 Å². The molecule has 0 aliphatic carbocycles. The Morgan fingerprint density at radius 1 is 1.00 bits per heavy atom. The Morgan fingerprint density at radius 2 is 1.78 bits per heavy atom. The zero-order valence-electron chi connectivity index (χ0n) is 12.6. The van der Waals surface area contributed by atoms with Crippen LogP contribution in [0.4, 0.5) is 14.7 Å². The number of benzene rings is 2. The molecular formula is C17H14FN3S2. The normalized spacial score (nSPS) is 11.7. The minimum atomic E-state index is -0.294. The van der Waals surface area contributed by atoms with Gasteiger partial charge in [-0.25, -0.2) is 14.4 Å². The van der Waals surface area contributed by atoms with Crippen LogP contribution in [-0.4, -0.2) is 9.97 Å². The van der Waals surface area contributed by atoms with E-state index < -0.39 is 0 Å². The van der Waals surface area contributed by atoms with Crippen LogP contribution < -0.4 is 5.32 Å². The molecule has 116 valence electrons. The van der Waals surface area contributed by atoms with Crippen molar-refractivity contribution in [1.82, 2.24) is 9.97 Å². The fourth-order valence-corrected chi connectivity index (χ4v) is 4.27. The largest absolute Gasteiger partial charge is 0.307 e. The minimum absolute atomic E-state index is 0.294. The molecule has 0 radical (unpaired) electrons. The standard InChI is InChI=1S/C17H14FN3S2/c1-9(2)10-6-7-12-14(8-10)23-16(19-12)21-17-20-15-11(18)4-3-5-13(15)22-17/h3-9H,1-2H3,(H,19,20,21). The van der Waals surface area contributed by atoms with Crippen molar-refractivity contribution in [3.63, 3.8) is 0 Å². The van der Waals surface area contributed by atoms with E-state index in [1.54, 1.807) is 17.4 Å². The first kappa shape index (κ1) is 14.5. The van der Waals surface area contributed by atoms with Gasteiger partial charge in [-0.15, -0.1) is 0 Å². The van der Waals surface area contributed by atoms with Gasteiger partial charge in [-0.05, 0) is 35.7 Å². The van der Waals surface area contributed by atoms with Crippen LogP contribution in [0.3, 0.4) is 0 Å². The summed E-state index contributed by atoms with van der Waals surface area (Å²) in [5.41, 5.74) is 2.67. The zero-order valence-corrected chi connectivity index (χ0v) is 14.3. The Balaban J connectivity index is 1.69. The Hall–Kier alpha value is -2.05. The van der Waals surface area contributed by atoms with Crippen LogP contribution in [-0.2, 0) is 0 Å². The van der Waals surface area contributed by atoms with Gasteiger partial charge in [0.15, 0.2) is 10.3 Å². The van der Waals surface area contributed by atoms with Gasteiger partial charge in [0.2, 0.25) is 0 Å². The molecule has 1 N–H and O–H groups in total. The Labute approximate surface area is 140 Å². The first-order valence-corrected chi connectivity index (χ1v) is 8.96. The molecule has 2 heterocycles. The van der Waals surface area contributed by atoms with E-state index in [9.17, 15) is 4.39 Å². The number of para-hydroxylation sites is 1. The van der Waals surface area contributed by atoms with Gasteiger partial charge in [-0.2, -0.15) is 0 Å². The summed E-state index contributed by atoms with van der Waals surface area (Å²) in [5.74, 6) is 0.197. The molecule has 4 rings (SSSR count). The molecule has 0 fully saturated rings. The molecule has 0 unspecified atom stereocenters. The maximum atomic E-state index is 13.7. The van der Waals surface area contributed by atoms with Crippen molar-refractivity contribution in [3.8, 4) is 0 Å². The summed E-state index contributed by atoms with van der Waals surface area (Å²) in [5, 5.41) is 4.65. The van der Waals surface area contributed by atoms with Crippen LogP contribution in [0.5, 0.6) is 0 Å². The maximum absolute atomic E-state index is 13.7. The molecule has 0 bridgehead atoms. The number of nitrogens with one attached hydrogen (secondary N) is 1. The molecule has 2 aromatic carbocycles. The van der Waals surface area contributed by atoms with Gasteiger partial charge in [0.25, 0.3) is 0 Å². The van der Waals surface area contributed by atoms with Gasteiger partial charge in [0, 0.05) is 0 Å². The number of nitrogens with zero attached hydrogens (tertiary/aromatic N) is 2. The van der Waals surface area contributed by atoms with E-state index in [1.807, 2.05) is 12.1 Å². The van der Waals surface area contributed by atoms with E-state index in [0.29, 0.717) is 16.6 Å². The highest BCUT2D eigenvalue weighted by Gasteiger charge is 2.11. The molecule has 0 aliphatic heterocycles. The van der Waals surface area contributed by atoms with Crippen LogP contribution in [0.25, 0.3) is 20.4 Å². The zero-order chi connectivity index (χ0) is 16.0. The Kier molecular flexibility index (Phi) is 3.50. The van der Waals surface area contributed by atoms with E-state index >= 15 is 0 Å². The fourth-order valence-electron chi connectivity index (χ4n) is 2.41. The van der Waals surface area contributed by atoms with Crippen LogP contribution >= 0.6 is 22.7 Å². The van der Waals surface area contributed by atoms with Crippen molar-refractivity contribution in [2.45, 2.75) is 19.8 Å². The molecule has 4 aromatic rings. The summed E-state index contributed by atoms with van der Waals surface area (Å²) in [7, 11) is 0. The molecule has 0 amide bonds. The molecule has 0 atom stereocenters. The lowest BCUT2D eigenvalue weighted by Gasteiger charge is -2.03. The fraction of sp³-hybridized carbons (Fsp3) is 0.176. The number of rotatable bonds is 3. The number of anilines is 2. The smallest absolute Gasteiger partial charge is 0.190 e. The molecule has 0 saturated heterocycles. The maximum Gasteiger partial charge on any atom is 0.190 e. The second-order valence-corrected chi connectivity index (χ2v) is 7.69. The van der Waals surface area contributed by atoms with E-state index in [-0.39, 0.29) is 5.82 Å². The van der Waals surface area contributed by atoms with Crippen molar-refractivity contribution in [3.05, 3.63) is 47.8 Å². The quantitative estimate of drug-likeness (QED) is 0.502. The molecule has 23 heavy (non-hydrogen) atoms. The Bertz CT molecular complexity index is 1000. The van der Waals surface area contributed by atoms with Crippen LogP contribution in [0.2, 0.25) is 0 Å². The summed E-state index contributed by atoms with van der Waals surface area (Å²) in [4.78, 5) is 8.90. The number of hydrogen-bond donors (Lipinski definition) is 1. The second-order valence-electron chi connectivity index (χ2n) is 5.63. The van der Waals surface area contributed by atoms with Crippen molar-refractivity contribution in [2.24, 2.45) is 0 Å². The average molecular weight is 343 g/mol. The highest BCUT2D eigenvalue weighted by atomic mass is 32.1. The third kappa shape index (κ3) is 2.68. The second kappa shape index (κ2) is 5.54. The van der Waals surface area contributed by atoms with Gasteiger partial charge >= 0.3 is 0 Å². The number of hydrogen-bond acceptors (Lipinski definition) is 5. The summed E-state index contributed by atoms with van der Waals surface area (Å²) in [6.45, 7) is 4.36. The molecular weight excluding hydrogens is 329 g/mol. The van der Waals surface area contributed by atoms with Gasteiger partial charge in [-0.1, -0.05) is 48.7 Å². The molecule has 6 heteroatoms. The predicted octanol–water partition coefficient (Wildman–Crippen LogP) is 5.91. The van der Waals surface area contributed by atoms with Crippen LogP contribution in [0, 0.1) is 5.82 Å². The molecule has 0 saturated carbocycles. The number of fused-ring (bicyclic) bond motifs is 2. The summed E-state index contributed by atoms with van der Waals surface area (Å²) < 4.78 is 15.7. The summed E-state index contributed by atoms with van der Waals surface area (Å²) in [6, 6.07) is 11.3. The first-order chi connectivity index (χ1) is 11.1. The van der Waals surface area contributed by atoms with Crippen molar-refractivity contribution < 1.29 is 4.39 Å². The van der Waals surface area contributed by atoms with E-state index in [2.05, 4.69) is 41.3 Å². The van der Waals surface area contributed by atoms with E-state index in [0.717, 1.165) is 20.0 Å². The van der Waals surface area contributed by atoms with Crippen molar-refractivity contribution >= 4 is 53.4 Å². The monoisotopic (exact) mass is 343 g/mol. The average Bonchev–Trinajstić information content (AvgIpc) is 3.10. The lowest BCUT2D eigenvalue weighted by atomic mass is 10.0. The van der Waals surface area contributed by atoms with E-state index in [4.69, 9.17) is 0 Å². The SMILES string of the molecule is CC(C)c1ccc2nc(Nc3nc4c(F)cccc4s3)sc2c1. The summed E-state index contributed by atoms with van der Waals surface area (Å²) in [6.07, 6.45) is 0. The third-order valence-corrected chi connectivity index (χ3v) is 5.53. The predicted molar refractivity (Wildman–Crippen MR) is 96.6 cm³/mol. The first-order valence-electron chi connectivity index (χ1n) is 7.33. The summed E-state index contributed by atoms with van der Waals surface area (Å²) >= 11 is 3.02. The van der Waals surface area contributed by atoms with Gasteiger partial charge in [-0.3, -0.25) is 0 Å². The van der Waals surface area contributed by atoms with Gasteiger partial charge in [0.1, 0.15) is 11.3 Å². The molecule has 0 aliphatic rings. The van der Waals surface area contributed by atoms with Crippen molar-refractivity contribution in [2.75, 3.05) is 5.32 Å².